The number of fused-ring (bicyclic) bond motifs is 6. The lowest BCUT2D eigenvalue weighted by Crippen LogP contribution is -2.52. The van der Waals surface area contributed by atoms with Crippen molar-refractivity contribution in [1.82, 2.24) is 10.6 Å². The minimum absolute atomic E-state index is 0.698. The summed E-state index contributed by atoms with van der Waals surface area (Å²) in [5.41, 5.74) is 0. The summed E-state index contributed by atoms with van der Waals surface area (Å²) in [7, 11) is 0. The van der Waals surface area contributed by atoms with Gasteiger partial charge in [-0.2, -0.15) is 0 Å². The van der Waals surface area contributed by atoms with Gasteiger partial charge < -0.3 is 5.32 Å². The second-order valence-corrected chi connectivity index (χ2v) is 3.82. The van der Waals surface area contributed by atoms with Gasteiger partial charge in [0.2, 0.25) is 0 Å². The van der Waals surface area contributed by atoms with Gasteiger partial charge in [-0.05, 0) is 25.7 Å². The summed E-state index contributed by atoms with van der Waals surface area (Å²) in [5.74, 6) is 0. The number of nitrogens with zero attached hydrogens (tertiary/aromatic N) is 1. The molecule has 3 aliphatic heterocycles. The monoisotopic (exact) mass is 137 g/mol. The van der Waals surface area contributed by atoms with Crippen LogP contribution in [0.25, 0.3) is 0 Å². The summed E-state index contributed by atoms with van der Waals surface area (Å²) in [6, 6.07) is 2.93. The van der Waals surface area contributed by atoms with Gasteiger partial charge in [0.1, 0.15) is 0 Å². The van der Waals surface area contributed by atoms with Crippen molar-refractivity contribution >= 4 is 0 Å². The molecule has 0 aromatic heterocycles. The highest BCUT2D eigenvalue weighted by atomic mass is 15.2. The summed E-state index contributed by atoms with van der Waals surface area (Å²) >= 11 is 0. The Balaban J connectivity index is 1.94. The van der Waals surface area contributed by atoms with Crippen LogP contribution in [-0.2, 0) is 0 Å². The van der Waals surface area contributed by atoms with Crippen molar-refractivity contribution < 1.29 is 0 Å². The molecule has 0 saturated carbocycles. The molecular weight excluding hydrogens is 124 g/mol. The fourth-order valence-corrected chi connectivity index (χ4v) is 2.75. The van der Waals surface area contributed by atoms with Gasteiger partial charge in [-0.1, -0.05) is 0 Å². The smallest absolute Gasteiger partial charge is 0.0404 e. The Morgan fingerprint density at radius 1 is 0.900 bits per heavy atom. The fraction of sp³-hybridized carbons (Fsp3) is 1.00. The third kappa shape index (κ3) is 0.565. The third-order valence-electron chi connectivity index (χ3n) is 3.29. The summed E-state index contributed by atoms with van der Waals surface area (Å²) in [6.45, 7) is 0. The quantitative estimate of drug-likeness (QED) is 0.509. The van der Waals surface area contributed by atoms with Gasteiger partial charge in [0.25, 0.3) is 0 Å². The first kappa shape index (κ1) is 5.56. The van der Waals surface area contributed by atoms with E-state index in [9.17, 15) is 0 Å². The van der Waals surface area contributed by atoms with Gasteiger partial charge in [0.15, 0.2) is 0 Å². The van der Waals surface area contributed by atoms with E-state index >= 15 is 0 Å². The van der Waals surface area contributed by atoms with E-state index in [4.69, 9.17) is 5.32 Å². The number of hydrogen-bond donors (Lipinski definition) is 1. The molecule has 3 rings (SSSR count). The molecule has 10 heavy (non-hydrogen) atoms. The molecule has 0 amide bonds. The molecule has 1 radical (unpaired) electrons. The fourth-order valence-electron chi connectivity index (χ4n) is 2.75. The zero-order chi connectivity index (χ0) is 6.55. The minimum atomic E-state index is 0.698. The van der Waals surface area contributed by atoms with Gasteiger partial charge >= 0.3 is 0 Å². The molecule has 0 aromatic carbocycles. The number of rotatable bonds is 0. The summed E-state index contributed by atoms with van der Waals surface area (Å²) < 4.78 is 0. The Hall–Kier alpha value is -0.0800. The van der Waals surface area contributed by atoms with Crippen molar-refractivity contribution in [3.8, 4) is 0 Å². The van der Waals surface area contributed by atoms with Gasteiger partial charge in [0.05, 0.1) is 0 Å². The Kier molecular flexibility index (Phi) is 0.968. The summed E-state index contributed by atoms with van der Waals surface area (Å²) in [5, 5.41) is 8.41. The van der Waals surface area contributed by atoms with Crippen molar-refractivity contribution in [2.24, 2.45) is 0 Å². The summed E-state index contributed by atoms with van der Waals surface area (Å²) in [6.07, 6.45) is 5.49. The van der Waals surface area contributed by atoms with E-state index in [1.807, 2.05) is 0 Å². The molecule has 4 unspecified atom stereocenters. The van der Waals surface area contributed by atoms with E-state index in [1.165, 1.54) is 25.7 Å². The van der Waals surface area contributed by atoms with E-state index < -0.39 is 0 Å². The molecule has 1 N–H and O–H groups in total. The van der Waals surface area contributed by atoms with E-state index in [-0.39, 0.29) is 0 Å². The lowest BCUT2D eigenvalue weighted by molar-refractivity contribution is 0.325. The van der Waals surface area contributed by atoms with Gasteiger partial charge in [0, 0.05) is 24.2 Å². The second-order valence-electron chi connectivity index (χ2n) is 3.82. The molecule has 4 atom stereocenters. The number of hydrogen-bond acceptors (Lipinski definition) is 1. The largest absolute Gasteiger partial charge is 0.308 e. The maximum atomic E-state index is 4.76. The molecule has 3 saturated heterocycles. The van der Waals surface area contributed by atoms with Crippen LogP contribution >= 0.6 is 0 Å². The number of nitrogens with one attached hydrogen (secondary N) is 1. The Morgan fingerprint density at radius 3 is 2.10 bits per heavy atom. The normalized spacial score (nSPS) is 57.6. The van der Waals surface area contributed by atoms with Crippen LogP contribution in [-0.4, -0.2) is 24.2 Å². The third-order valence-corrected chi connectivity index (χ3v) is 3.29. The SMILES string of the molecule is C1CC2[N]C1C1CCC2N1. The molecule has 3 heterocycles. The zero-order valence-electron chi connectivity index (χ0n) is 6.09. The first-order chi connectivity index (χ1) is 4.93. The lowest BCUT2D eigenvalue weighted by atomic mass is 10.0. The molecule has 4 bridgehead atoms. The standard InChI is InChI=1S/C8H13N2/c1-2-6-8-4-3-7(10-8)5(1)9-6/h5-9H,1-4H2. The van der Waals surface area contributed by atoms with Crippen molar-refractivity contribution in [1.29, 1.82) is 0 Å². The number of piperazine rings is 1. The van der Waals surface area contributed by atoms with E-state index in [1.54, 1.807) is 0 Å². The Labute approximate surface area is 61.4 Å². The molecule has 0 aliphatic carbocycles. The topological polar surface area (TPSA) is 26.1 Å². The van der Waals surface area contributed by atoms with Gasteiger partial charge in [-0.25, -0.2) is 5.32 Å². The second kappa shape index (κ2) is 1.74. The van der Waals surface area contributed by atoms with Crippen molar-refractivity contribution in [2.45, 2.75) is 49.9 Å². The van der Waals surface area contributed by atoms with Crippen LogP contribution in [0, 0.1) is 0 Å². The van der Waals surface area contributed by atoms with Crippen LogP contribution in [0.5, 0.6) is 0 Å². The molecule has 3 aliphatic rings. The lowest BCUT2D eigenvalue weighted by Gasteiger charge is -2.27. The molecule has 0 aromatic rings. The average Bonchev–Trinajstić information content (AvgIpc) is 2.41. The van der Waals surface area contributed by atoms with Gasteiger partial charge in [-0.3, -0.25) is 0 Å². The van der Waals surface area contributed by atoms with Crippen LogP contribution in [0.3, 0.4) is 0 Å². The first-order valence-electron chi connectivity index (χ1n) is 4.39. The molecule has 2 heteroatoms. The molecule has 0 spiro atoms. The molecule has 55 valence electrons. The first-order valence-corrected chi connectivity index (χ1v) is 4.39. The molecule has 3 fully saturated rings. The highest BCUT2D eigenvalue weighted by molar-refractivity contribution is 5.07. The van der Waals surface area contributed by atoms with Gasteiger partial charge in [-0.15, -0.1) is 0 Å². The van der Waals surface area contributed by atoms with Crippen LogP contribution in [0.2, 0.25) is 0 Å². The van der Waals surface area contributed by atoms with Crippen LogP contribution in [0.15, 0.2) is 0 Å². The van der Waals surface area contributed by atoms with Crippen molar-refractivity contribution in [2.75, 3.05) is 0 Å². The average molecular weight is 137 g/mol. The summed E-state index contributed by atoms with van der Waals surface area (Å²) in [4.78, 5) is 0. The Bertz CT molecular complexity index is 123. The van der Waals surface area contributed by atoms with Crippen LogP contribution < -0.4 is 10.6 Å². The molecular formula is C8H13N2. The van der Waals surface area contributed by atoms with E-state index in [2.05, 4.69) is 5.32 Å². The predicted molar refractivity (Wildman–Crippen MR) is 38.9 cm³/mol. The maximum absolute atomic E-state index is 4.76. The van der Waals surface area contributed by atoms with Crippen molar-refractivity contribution in [3.05, 3.63) is 0 Å². The van der Waals surface area contributed by atoms with Crippen molar-refractivity contribution in [3.63, 3.8) is 0 Å². The highest BCUT2D eigenvalue weighted by Gasteiger charge is 2.45. The molecule has 2 nitrogen and oxygen atoms in total. The van der Waals surface area contributed by atoms with Crippen LogP contribution in [0.1, 0.15) is 25.7 Å². The van der Waals surface area contributed by atoms with E-state index in [0.29, 0.717) is 12.1 Å². The highest BCUT2D eigenvalue weighted by Crippen LogP contribution is 2.33. The maximum Gasteiger partial charge on any atom is 0.0404 e. The predicted octanol–water partition coefficient (Wildman–Crippen LogP) is 0.256. The minimum Gasteiger partial charge on any atom is -0.308 e. The Morgan fingerprint density at radius 2 is 1.50 bits per heavy atom. The zero-order valence-corrected chi connectivity index (χ0v) is 6.09. The van der Waals surface area contributed by atoms with Crippen LogP contribution in [0.4, 0.5) is 0 Å². The van der Waals surface area contributed by atoms with E-state index in [0.717, 1.165) is 12.1 Å².